The molecule has 24 heavy (non-hydrogen) atoms. The van der Waals surface area contributed by atoms with E-state index in [4.69, 9.17) is 4.52 Å². The number of aliphatic imine (C=N–C) groups is 1. The summed E-state index contributed by atoms with van der Waals surface area (Å²) in [5.74, 6) is 1.55. The van der Waals surface area contributed by atoms with E-state index in [-0.39, 0.29) is 0 Å². The molecule has 0 fully saturated rings. The minimum Gasteiger partial charge on any atom is -0.361 e. The Hall–Kier alpha value is -2.89. The fourth-order valence-electron chi connectivity index (χ4n) is 2.64. The fourth-order valence-corrected chi connectivity index (χ4v) is 2.64. The van der Waals surface area contributed by atoms with Crippen molar-refractivity contribution in [1.82, 2.24) is 20.8 Å². The van der Waals surface area contributed by atoms with Gasteiger partial charge in [0.2, 0.25) is 0 Å². The molecule has 0 saturated heterocycles. The summed E-state index contributed by atoms with van der Waals surface area (Å²) in [4.78, 5) is 8.74. The van der Waals surface area contributed by atoms with Crippen LogP contribution < -0.4 is 10.6 Å². The predicted octanol–water partition coefficient (Wildman–Crippen LogP) is 2.70. The summed E-state index contributed by atoms with van der Waals surface area (Å²) >= 11 is 0. The molecule has 6 heteroatoms. The van der Waals surface area contributed by atoms with E-state index in [1.165, 1.54) is 0 Å². The van der Waals surface area contributed by atoms with Crippen LogP contribution in [0.15, 0.2) is 46.0 Å². The maximum Gasteiger partial charge on any atom is 0.191 e. The number of pyridine rings is 1. The largest absolute Gasteiger partial charge is 0.361 e. The van der Waals surface area contributed by atoms with Crippen LogP contribution in [0.2, 0.25) is 0 Å². The Labute approximate surface area is 141 Å². The van der Waals surface area contributed by atoms with E-state index in [9.17, 15) is 0 Å². The lowest BCUT2D eigenvalue weighted by Gasteiger charge is -2.12. The monoisotopic (exact) mass is 323 g/mol. The molecule has 2 heterocycles. The molecule has 3 rings (SSSR count). The number of benzene rings is 1. The van der Waals surface area contributed by atoms with Gasteiger partial charge in [0.1, 0.15) is 5.76 Å². The van der Waals surface area contributed by atoms with Gasteiger partial charge in [-0.25, -0.2) is 0 Å². The molecule has 0 saturated carbocycles. The first-order valence-electron chi connectivity index (χ1n) is 7.88. The van der Waals surface area contributed by atoms with Crippen LogP contribution in [0.5, 0.6) is 0 Å². The molecule has 0 amide bonds. The third-order valence-corrected chi connectivity index (χ3v) is 4.00. The Morgan fingerprint density at radius 2 is 1.92 bits per heavy atom. The highest BCUT2D eigenvalue weighted by Gasteiger charge is 2.09. The molecule has 2 N–H and O–H groups in total. The SMILES string of the molecule is CN=C(NCc1c(C)noc1C)NCc1cccc2cccnc12. The zero-order chi connectivity index (χ0) is 16.9. The van der Waals surface area contributed by atoms with Gasteiger partial charge in [0.05, 0.1) is 11.2 Å². The summed E-state index contributed by atoms with van der Waals surface area (Å²) in [6.07, 6.45) is 1.82. The number of fused-ring (bicyclic) bond motifs is 1. The molecule has 0 radical (unpaired) electrons. The number of para-hydroxylation sites is 1. The van der Waals surface area contributed by atoms with Crippen molar-refractivity contribution in [3.63, 3.8) is 0 Å². The van der Waals surface area contributed by atoms with Crippen LogP contribution in [0.3, 0.4) is 0 Å². The molecule has 0 aliphatic heterocycles. The van der Waals surface area contributed by atoms with Crippen molar-refractivity contribution in [1.29, 1.82) is 0 Å². The van der Waals surface area contributed by atoms with Gasteiger partial charge >= 0.3 is 0 Å². The standard InChI is InChI=1S/C18H21N5O/c1-12-16(13(2)24-23-12)11-22-18(19-3)21-10-15-7-4-6-14-8-5-9-20-17(14)15/h4-9H,10-11H2,1-3H3,(H2,19,21,22). The van der Waals surface area contributed by atoms with Crippen molar-refractivity contribution in [3.8, 4) is 0 Å². The quantitative estimate of drug-likeness (QED) is 0.570. The number of aromatic nitrogens is 2. The number of guanidine groups is 1. The summed E-state index contributed by atoms with van der Waals surface area (Å²) in [5, 5.41) is 11.7. The van der Waals surface area contributed by atoms with Gasteiger partial charge in [-0.1, -0.05) is 29.4 Å². The first-order chi connectivity index (χ1) is 11.7. The van der Waals surface area contributed by atoms with Crippen molar-refractivity contribution in [2.45, 2.75) is 26.9 Å². The number of nitrogens with one attached hydrogen (secondary N) is 2. The highest BCUT2D eigenvalue weighted by molar-refractivity contribution is 5.83. The Morgan fingerprint density at radius 3 is 2.67 bits per heavy atom. The minimum atomic E-state index is 0.620. The molecular formula is C18H21N5O. The van der Waals surface area contributed by atoms with Crippen LogP contribution in [0.4, 0.5) is 0 Å². The average molecular weight is 323 g/mol. The smallest absolute Gasteiger partial charge is 0.191 e. The third kappa shape index (κ3) is 3.37. The van der Waals surface area contributed by atoms with E-state index in [0.29, 0.717) is 13.1 Å². The van der Waals surface area contributed by atoms with E-state index < -0.39 is 0 Å². The molecule has 2 aromatic heterocycles. The zero-order valence-corrected chi connectivity index (χ0v) is 14.1. The Kier molecular flexibility index (Phi) is 4.74. The van der Waals surface area contributed by atoms with Crippen LogP contribution in [0.1, 0.15) is 22.6 Å². The van der Waals surface area contributed by atoms with Crippen molar-refractivity contribution >= 4 is 16.9 Å². The van der Waals surface area contributed by atoms with Gasteiger partial charge < -0.3 is 15.2 Å². The van der Waals surface area contributed by atoms with Crippen LogP contribution >= 0.6 is 0 Å². The molecule has 3 aromatic rings. The number of hydrogen-bond donors (Lipinski definition) is 2. The Bertz CT molecular complexity index is 844. The number of nitrogens with zero attached hydrogens (tertiary/aromatic N) is 3. The second-order valence-corrected chi connectivity index (χ2v) is 5.57. The molecule has 0 spiro atoms. The number of hydrogen-bond acceptors (Lipinski definition) is 4. The van der Waals surface area contributed by atoms with Gasteiger partial charge in [-0.15, -0.1) is 0 Å². The second kappa shape index (κ2) is 7.12. The second-order valence-electron chi connectivity index (χ2n) is 5.57. The normalized spacial score (nSPS) is 11.7. The lowest BCUT2D eigenvalue weighted by atomic mass is 10.1. The summed E-state index contributed by atoms with van der Waals surface area (Å²) < 4.78 is 5.18. The third-order valence-electron chi connectivity index (χ3n) is 4.00. The zero-order valence-electron chi connectivity index (χ0n) is 14.1. The summed E-state index contributed by atoms with van der Waals surface area (Å²) in [6, 6.07) is 10.2. The molecule has 6 nitrogen and oxygen atoms in total. The highest BCUT2D eigenvalue weighted by atomic mass is 16.5. The van der Waals surface area contributed by atoms with Crippen LogP contribution in [-0.4, -0.2) is 23.1 Å². The first kappa shape index (κ1) is 16.0. The molecule has 0 aliphatic rings. The van der Waals surface area contributed by atoms with Gasteiger partial charge in [0.15, 0.2) is 5.96 Å². The summed E-state index contributed by atoms with van der Waals surface area (Å²) in [7, 11) is 1.75. The van der Waals surface area contributed by atoms with Crippen LogP contribution in [-0.2, 0) is 13.1 Å². The lowest BCUT2D eigenvalue weighted by Crippen LogP contribution is -2.36. The first-order valence-corrected chi connectivity index (χ1v) is 7.88. The topological polar surface area (TPSA) is 75.3 Å². The summed E-state index contributed by atoms with van der Waals surface area (Å²) in [5.41, 5.74) is 4.10. The van der Waals surface area contributed by atoms with Crippen molar-refractivity contribution in [3.05, 3.63) is 59.1 Å². The van der Waals surface area contributed by atoms with E-state index in [0.717, 1.165) is 39.4 Å². The molecule has 0 bridgehead atoms. The molecule has 0 unspecified atom stereocenters. The van der Waals surface area contributed by atoms with Gasteiger partial charge in [-0.2, -0.15) is 0 Å². The van der Waals surface area contributed by atoms with Gasteiger partial charge in [-0.3, -0.25) is 9.98 Å². The van der Waals surface area contributed by atoms with E-state index >= 15 is 0 Å². The van der Waals surface area contributed by atoms with Crippen LogP contribution in [0.25, 0.3) is 10.9 Å². The van der Waals surface area contributed by atoms with Gasteiger partial charge in [0.25, 0.3) is 0 Å². The molecular weight excluding hydrogens is 302 g/mol. The maximum absolute atomic E-state index is 5.18. The van der Waals surface area contributed by atoms with Gasteiger partial charge in [-0.05, 0) is 25.5 Å². The van der Waals surface area contributed by atoms with Gasteiger partial charge in [0, 0.05) is 37.3 Å². The average Bonchev–Trinajstić information content (AvgIpc) is 2.93. The van der Waals surface area contributed by atoms with Crippen LogP contribution in [0, 0.1) is 13.8 Å². The van der Waals surface area contributed by atoms with E-state index in [1.54, 1.807) is 7.05 Å². The predicted molar refractivity (Wildman–Crippen MR) is 94.8 cm³/mol. The number of rotatable bonds is 4. The molecule has 0 atom stereocenters. The molecule has 1 aromatic carbocycles. The summed E-state index contributed by atoms with van der Waals surface area (Å²) in [6.45, 7) is 5.12. The lowest BCUT2D eigenvalue weighted by molar-refractivity contribution is 0.392. The Morgan fingerprint density at radius 1 is 1.12 bits per heavy atom. The molecule has 124 valence electrons. The maximum atomic E-state index is 5.18. The van der Waals surface area contributed by atoms with Crippen molar-refractivity contribution in [2.24, 2.45) is 4.99 Å². The number of aryl methyl sites for hydroxylation is 2. The van der Waals surface area contributed by atoms with E-state index in [2.05, 4.69) is 44.0 Å². The van der Waals surface area contributed by atoms with E-state index in [1.807, 2.05) is 32.2 Å². The minimum absolute atomic E-state index is 0.620. The highest BCUT2D eigenvalue weighted by Crippen LogP contribution is 2.15. The fraction of sp³-hybridized carbons (Fsp3) is 0.278. The Balaban J connectivity index is 1.66. The van der Waals surface area contributed by atoms with Crippen molar-refractivity contribution < 1.29 is 4.52 Å². The van der Waals surface area contributed by atoms with Crippen molar-refractivity contribution in [2.75, 3.05) is 7.05 Å². The molecule has 0 aliphatic carbocycles.